The molecule has 20 heavy (non-hydrogen) atoms. The van der Waals surface area contributed by atoms with E-state index in [1.807, 2.05) is 4.90 Å². The summed E-state index contributed by atoms with van der Waals surface area (Å²) in [5.41, 5.74) is 5.91. The molecule has 1 aromatic heterocycles. The number of carbonyl (C=O) groups is 1. The van der Waals surface area contributed by atoms with E-state index >= 15 is 0 Å². The molecule has 0 spiro atoms. The van der Waals surface area contributed by atoms with Gasteiger partial charge in [0, 0.05) is 26.2 Å². The van der Waals surface area contributed by atoms with Crippen LogP contribution in [0.2, 0.25) is 8.67 Å². The van der Waals surface area contributed by atoms with Crippen LogP contribution in [0.1, 0.15) is 10.4 Å². The Labute approximate surface area is 130 Å². The summed E-state index contributed by atoms with van der Waals surface area (Å²) in [7, 11) is 0. The van der Waals surface area contributed by atoms with Crippen molar-refractivity contribution in [2.24, 2.45) is 10.9 Å². The Morgan fingerprint density at radius 2 is 2.05 bits per heavy atom. The van der Waals surface area contributed by atoms with Crippen LogP contribution in [0.15, 0.2) is 11.2 Å². The second kappa shape index (κ2) is 6.62. The third-order valence-electron chi connectivity index (χ3n) is 3.06. The number of hydrogen-bond acceptors (Lipinski definition) is 5. The first kappa shape index (κ1) is 15.4. The van der Waals surface area contributed by atoms with Gasteiger partial charge in [0.2, 0.25) is 0 Å². The number of halogens is 2. The highest BCUT2D eigenvalue weighted by atomic mass is 35.5. The van der Waals surface area contributed by atoms with Gasteiger partial charge in [0.15, 0.2) is 5.84 Å². The first-order valence-electron chi connectivity index (χ1n) is 5.94. The van der Waals surface area contributed by atoms with Gasteiger partial charge in [-0.3, -0.25) is 9.69 Å². The number of thiophene rings is 1. The summed E-state index contributed by atoms with van der Waals surface area (Å²) in [6, 6.07) is 1.60. The molecule has 0 radical (unpaired) electrons. The van der Waals surface area contributed by atoms with Crippen molar-refractivity contribution in [3.8, 4) is 0 Å². The molecule has 1 saturated heterocycles. The third kappa shape index (κ3) is 3.54. The molecule has 2 rings (SSSR count). The van der Waals surface area contributed by atoms with Gasteiger partial charge in [0.25, 0.3) is 5.91 Å². The molecule has 0 bridgehead atoms. The van der Waals surface area contributed by atoms with Crippen LogP contribution in [0.5, 0.6) is 0 Å². The molecular weight excluding hydrogens is 323 g/mol. The lowest BCUT2D eigenvalue weighted by atomic mass is 10.2. The standard InChI is InChI=1S/C11H14Cl2N4O2S/c12-8-5-7(10(13)20-8)11(18)17-3-1-16(2-4-17)6-9(14)15-19/h5,19H,1-4,6H2,(H2,14,15). The third-order valence-corrected chi connectivity index (χ3v) is 4.55. The van der Waals surface area contributed by atoms with Gasteiger partial charge in [-0.2, -0.15) is 0 Å². The molecule has 110 valence electrons. The highest BCUT2D eigenvalue weighted by molar-refractivity contribution is 7.20. The second-order valence-electron chi connectivity index (χ2n) is 4.40. The van der Waals surface area contributed by atoms with Gasteiger partial charge in [-0.1, -0.05) is 28.4 Å². The number of rotatable bonds is 3. The van der Waals surface area contributed by atoms with Crippen molar-refractivity contribution in [2.45, 2.75) is 0 Å². The Morgan fingerprint density at radius 3 is 2.55 bits per heavy atom. The normalized spacial score (nSPS) is 17.5. The summed E-state index contributed by atoms with van der Waals surface area (Å²) >= 11 is 13.0. The van der Waals surface area contributed by atoms with Crippen molar-refractivity contribution >= 4 is 46.3 Å². The zero-order valence-corrected chi connectivity index (χ0v) is 12.9. The molecule has 1 aromatic rings. The minimum absolute atomic E-state index is 0.110. The van der Waals surface area contributed by atoms with Crippen molar-refractivity contribution in [3.63, 3.8) is 0 Å². The number of nitrogens with two attached hydrogens (primary N) is 1. The second-order valence-corrected chi connectivity index (χ2v) is 6.68. The summed E-state index contributed by atoms with van der Waals surface area (Å²) in [6.45, 7) is 2.86. The van der Waals surface area contributed by atoms with Crippen molar-refractivity contribution in [1.29, 1.82) is 0 Å². The maximum Gasteiger partial charge on any atom is 0.256 e. The Morgan fingerprint density at radius 1 is 1.40 bits per heavy atom. The zero-order valence-electron chi connectivity index (χ0n) is 10.6. The smallest absolute Gasteiger partial charge is 0.256 e. The fourth-order valence-corrected chi connectivity index (χ4v) is 3.47. The van der Waals surface area contributed by atoms with Gasteiger partial charge < -0.3 is 15.8 Å². The average Bonchev–Trinajstić information content (AvgIpc) is 2.77. The number of oxime groups is 1. The van der Waals surface area contributed by atoms with Crippen LogP contribution in [0.3, 0.4) is 0 Å². The highest BCUT2D eigenvalue weighted by Crippen LogP contribution is 2.32. The minimum atomic E-state index is -0.110. The molecule has 2 heterocycles. The predicted octanol–water partition coefficient (Wildman–Crippen LogP) is 1.56. The van der Waals surface area contributed by atoms with E-state index in [0.29, 0.717) is 47.0 Å². The van der Waals surface area contributed by atoms with E-state index in [2.05, 4.69) is 5.16 Å². The molecule has 0 atom stereocenters. The topological polar surface area (TPSA) is 82.2 Å². The maximum atomic E-state index is 12.3. The van der Waals surface area contributed by atoms with E-state index < -0.39 is 0 Å². The summed E-state index contributed by atoms with van der Waals surface area (Å²) in [6.07, 6.45) is 0. The number of piperazine rings is 1. The van der Waals surface area contributed by atoms with Gasteiger partial charge in [0.1, 0.15) is 4.34 Å². The highest BCUT2D eigenvalue weighted by Gasteiger charge is 2.25. The first-order valence-corrected chi connectivity index (χ1v) is 7.51. The lowest BCUT2D eigenvalue weighted by molar-refractivity contribution is 0.0654. The zero-order chi connectivity index (χ0) is 14.7. The number of carbonyl (C=O) groups excluding carboxylic acids is 1. The fourth-order valence-electron chi connectivity index (χ4n) is 2.03. The number of amidine groups is 1. The van der Waals surface area contributed by atoms with Crippen molar-refractivity contribution in [3.05, 3.63) is 20.3 Å². The lowest BCUT2D eigenvalue weighted by Crippen LogP contribution is -2.50. The molecule has 0 aromatic carbocycles. The van der Waals surface area contributed by atoms with E-state index in [4.69, 9.17) is 34.1 Å². The lowest BCUT2D eigenvalue weighted by Gasteiger charge is -2.34. The largest absolute Gasteiger partial charge is 0.409 e. The SMILES string of the molecule is N/C(CN1CCN(C(=O)c2cc(Cl)sc2Cl)CC1)=N/O. The summed E-state index contributed by atoms with van der Waals surface area (Å²) in [4.78, 5) is 16.0. The van der Waals surface area contributed by atoms with Crippen LogP contribution in [0.4, 0.5) is 0 Å². The van der Waals surface area contributed by atoms with Crippen LogP contribution in [-0.2, 0) is 0 Å². The van der Waals surface area contributed by atoms with Crippen LogP contribution in [0.25, 0.3) is 0 Å². The molecule has 9 heteroatoms. The molecule has 1 fully saturated rings. The summed E-state index contributed by atoms with van der Waals surface area (Å²) in [5, 5.41) is 11.5. The first-order chi connectivity index (χ1) is 9.51. The number of nitrogens with zero attached hydrogens (tertiary/aromatic N) is 3. The van der Waals surface area contributed by atoms with Gasteiger partial charge in [-0.25, -0.2) is 0 Å². The molecule has 0 saturated carbocycles. The van der Waals surface area contributed by atoms with Crippen molar-refractivity contribution in [1.82, 2.24) is 9.80 Å². The van der Waals surface area contributed by atoms with E-state index in [1.165, 1.54) is 11.3 Å². The molecule has 3 N–H and O–H groups in total. The van der Waals surface area contributed by atoms with Gasteiger partial charge in [-0.15, -0.1) is 11.3 Å². The Kier molecular flexibility index (Phi) is 5.09. The Balaban J connectivity index is 1.94. The maximum absolute atomic E-state index is 12.3. The van der Waals surface area contributed by atoms with E-state index in [1.54, 1.807) is 11.0 Å². The summed E-state index contributed by atoms with van der Waals surface area (Å²) in [5.74, 6) is 0.0547. The van der Waals surface area contributed by atoms with E-state index in [9.17, 15) is 4.79 Å². The van der Waals surface area contributed by atoms with Crippen molar-refractivity contribution < 1.29 is 10.0 Å². The van der Waals surface area contributed by atoms with Gasteiger partial charge in [0.05, 0.1) is 16.4 Å². The average molecular weight is 337 g/mol. The quantitative estimate of drug-likeness (QED) is 0.380. The van der Waals surface area contributed by atoms with Crippen LogP contribution >= 0.6 is 34.5 Å². The molecule has 0 unspecified atom stereocenters. The minimum Gasteiger partial charge on any atom is -0.409 e. The van der Waals surface area contributed by atoms with E-state index in [0.717, 1.165) is 0 Å². The number of hydrogen-bond donors (Lipinski definition) is 2. The van der Waals surface area contributed by atoms with Crippen LogP contribution in [0, 0.1) is 0 Å². The molecular formula is C11H14Cl2N4O2S. The van der Waals surface area contributed by atoms with Gasteiger partial charge >= 0.3 is 0 Å². The fraction of sp³-hybridized carbons (Fsp3) is 0.455. The molecule has 1 amide bonds. The van der Waals surface area contributed by atoms with Crippen molar-refractivity contribution in [2.75, 3.05) is 32.7 Å². The Bertz CT molecular complexity index is 526. The monoisotopic (exact) mass is 336 g/mol. The van der Waals surface area contributed by atoms with E-state index in [-0.39, 0.29) is 11.7 Å². The van der Waals surface area contributed by atoms with Gasteiger partial charge in [-0.05, 0) is 6.07 Å². The molecule has 1 aliphatic rings. The Hall–Kier alpha value is -1.02. The molecule has 0 aliphatic carbocycles. The van der Waals surface area contributed by atoms with Crippen LogP contribution in [-0.4, -0.2) is 59.5 Å². The van der Waals surface area contributed by atoms with Crippen LogP contribution < -0.4 is 5.73 Å². The molecule has 6 nitrogen and oxygen atoms in total. The predicted molar refractivity (Wildman–Crippen MR) is 80.1 cm³/mol. The summed E-state index contributed by atoms with van der Waals surface area (Å²) < 4.78 is 0.919. The number of amides is 1. The molecule has 1 aliphatic heterocycles.